The van der Waals surface area contributed by atoms with Crippen molar-refractivity contribution in [2.24, 2.45) is 0 Å². The quantitative estimate of drug-likeness (QED) is 0.842. The number of carbonyl (C=O) groups is 1. The minimum Gasteiger partial charge on any atom is -0.394 e. The monoisotopic (exact) mass is 290 g/mol. The summed E-state index contributed by atoms with van der Waals surface area (Å²) in [6, 6.07) is 10.1. The van der Waals surface area contributed by atoms with Crippen LogP contribution >= 0.6 is 0 Å². The van der Waals surface area contributed by atoms with E-state index in [0.717, 1.165) is 38.8 Å². The molecule has 1 amide bonds. The fourth-order valence-electron chi connectivity index (χ4n) is 2.87. The van der Waals surface area contributed by atoms with Gasteiger partial charge in [-0.2, -0.15) is 0 Å². The van der Waals surface area contributed by atoms with Crippen LogP contribution in [-0.2, 0) is 11.3 Å². The molecule has 4 heteroatoms. The van der Waals surface area contributed by atoms with Gasteiger partial charge in [0.15, 0.2) is 0 Å². The van der Waals surface area contributed by atoms with Gasteiger partial charge in [0.25, 0.3) is 0 Å². The lowest BCUT2D eigenvalue weighted by Gasteiger charge is -2.35. The molecular formula is C17H26N2O2. The molecule has 2 unspecified atom stereocenters. The lowest BCUT2D eigenvalue weighted by Crippen LogP contribution is -2.51. The van der Waals surface area contributed by atoms with E-state index in [1.807, 2.05) is 25.1 Å². The zero-order valence-corrected chi connectivity index (χ0v) is 12.8. The van der Waals surface area contributed by atoms with Gasteiger partial charge in [0.2, 0.25) is 5.91 Å². The molecule has 21 heavy (non-hydrogen) atoms. The molecule has 0 radical (unpaired) electrons. The first-order valence-electron chi connectivity index (χ1n) is 7.93. The molecule has 1 heterocycles. The molecule has 2 atom stereocenters. The smallest absolute Gasteiger partial charge is 0.237 e. The average Bonchev–Trinajstić information content (AvgIpc) is 2.54. The number of aliphatic hydroxyl groups excluding tert-OH is 1. The van der Waals surface area contributed by atoms with Gasteiger partial charge >= 0.3 is 0 Å². The van der Waals surface area contributed by atoms with Crippen LogP contribution in [-0.4, -0.2) is 41.1 Å². The second-order valence-electron chi connectivity index (χ2n) is 5.76. The van der Waals surface area contributed by atoms with Crippen molar-refractivity contribution in [3.8, 4) is 0 Å². The summed E-state index contributed by atoms with van der Waals surface area (Å²) in [5, 5.41) is 12.2. The van der Waals surface area contributed by atoms with Crippen LogP contribution in [0.2, 0.25) is 0 Å². The summed E-state index contributed by atoms with van der Waals surface area (Å²) in [5.41, 5.74) is 1.24. The van der Waals surface area contributed by atoms with E-state index in [0.29, 0.717) is 0 Å². The molecular weight excluding hydrogens is 264 g/mol. The van der Waals surface area contributed by atoms with Gasteiger partial charge in [0.05, 0.1) is 18.7 Å². The molecule has 1 aromatic rings. The molecule has 4 nitrogen and oxygen atoms in total. The highest BCUT2D eigenvalue weighted by Gasteiger charge is 2.29. The Kier molecular flexibility index (Phi) is 6.21. The van der Waals surface area contributed by atoms with E-state index in [-0.39, 0.29) is 24.6 Å². The second kappa shape index (κ2) is 8.15. The van der Waals surface area contributed by atoms with Gasteiger partial charge in [-0.25, -0.2) is 0 Å². The maximum absolute atomic E-state index is 12.5. The molecule has 0 saturated carbocycles. The fourth-order valence-corrected chi connectivity index (χ4v) is 2.87. The number of aliphatic hydroxyl groups is 1. The summed E-state index contributed by atoms with van der Waals surface area (Å²) in [5.74, 6) is 0.0616. The number of carbonyl (C=O) groups excluding carboxylic acids is 1. The lowest BCUT2D eigenvalue weighted by atomic mass is 10.00. The summed E-state index contributed by atoms with van der Waals surface area (Å²) in [6.45, 7) is 3.76. The number of likely N-dealkylation sites (tertiary alicyclic amines) is 1. The maximum atomic E-state index is 12.5. The molecule has 1 saturated heterocycles. The van der Waals surface area contributed by atoms with E-state index < -0.39 is 0 Å². The Morgan fingerprint density at radius 2 is 2.14 bits per heavy atom. The zero-order valence-electron chi connectivity index (χ0n) is 12.8. The first-order chi connectivity index (χ1) is 10.2. The molecule has 0 aliphatic carbocycles. The summed E-state index contributed by atoms with van der Waals surface area (Å²) < 4.78 is 0. The standard InChI is InChI=1S/C17H26N2O2/c1-2-15(13-20)18-17(21)16-10-6-7-11-19(16)12-14-8-4-3-5-9-14/h3-5,8-9,15-16,20H,2,6-7,10-13H2,1H3,(H,18,21). The molecule has 0 spiro atoms. The molecule has 116 valence electrons. The lowest BCUT2D eigenvalue weighted by molar-refractivity contribution is -0.129. The van der Waals surface area contributed by atoms with E-state index in [4.69, 9.17) is 0 Å². The highest BCUT2D eigenvalue weighted by molar-refractivity contribution is 5.82. The first-order valence-corrected chi connectivity index (χ1v) is 7.93. The number of nitrogens with zero attached hydrogens (tertiary/aromatic N) is 1. The van der Waals surface area contributed by atoms with Crippen molar-refractivity contribution in [3.63, 3.8) is 0 Å². The van der Waals surface area contributed by atoms with Crippen molar-refractivity contribution in [2.45, 2.75) is 51.2 Å². The van der Waals surface area contributed by atoms with Crippen molar-refractivity contribution in [1.82, 2.24) is 10.2 Å². The topological polar surface area (TPSA) is 52.6 Å². The number of piperidine rings is 1. The summed E-state index contributed by atoms with van der Waals surface area (Å²) in [6.07, 6.45) is 3.90. The van der Waals surface area contributed by atoms with E-state index in [2.05, 4.69) is 22.3 Å². The number of benzene rings is 1. The van der Waals surface area contributed by atoms with Crippen LogP contribution in [0.15, 0.2) is 30.3 Å². The Labute approximate surface area is 127 Å². The summed E-state index contributed by atoms with van der Waals surface area (Å²) >= 11 is 0. The van der Waals surface area contributed by atoms with Gasteiger partial charge in [-0.3, -0.25) is 9.69 Å². The van der Waals surface area contributed by atoms with Crippen molar-refractivity contribution in [2.75, 3.05) is 13.2 Å². The minimum absolute atomic E-state index is 0.00758. The molecule has 1 aliphatic rings. The van der Waals surface area contributed by atoms with Crippen molar-refractivity contribution in [1.29, 1.82) is 0 Å². The third-order valence-corrected chi connectivity index (χ3v) is 4.20. The maximum Gasteiger partial charge on any atom is 0.237 e. The number of rotatable bonds is 6. The Morgan fingerprint density at radius 1 is 1.38 bits per heavy atom. The molecule has 1 fully saturated rings. The molecule has 2 rings (SSSR count). The van der Waals surface area contributed by atoms with Crippen LogP contribution in [0.4, 0.5) is 0 Å². The fraction of sp³-hybridized carbons (Fsp3) is 0.588. The Hall–Kier alpha value is -1.39. The molecule has 2 N–H and O–H groups in total. The predicted octanol–water partition coefficient (Wildman–Crippen LogP) is 1.93. The predicted molar refractivity (Wildman–Crippen MR) is 83.8 cm³/mol. The van der Waals surface area contributed by atoms with Crippen molar-refractivity contribution in [3.05, 3.63) is 35.9 Å². The van der Waals surface area contributed by atoms with Gasteiger partial charge < -0.3 is 10.4 Å². The van der Waals surface area contributed by atoms with E-state index in [9.17, 15) is 9.90 Å². The highest BCUT2D eigenvalue weighted by Crippen LogP contribution is 2.20. The third-order valence-electron chi connectivity index (χ3n) is 4.20. The largest absolute Gasteiger partial charge is 0.394 e. The van der Waals surface area contributed by atoms with Gasteiger partial charge in [-0.15, -0.1) is 0 Å². The van der Waals surface area contributed by atoms with E-state index in [1.165, 1.54) is 5.56 Å². The number of hydrogen-bond donors (Lipinski definition) is 2. The Bertz CT molecular complexity index is 432. The van der Waals surface area contributed by atoms with Gasteiger partial charge in [-0.1, -0.05) is 43.7 Å². The van der Waals surface area contributed by atoms with E-state index in [1.54, 1.807) is 0 Å². The zero-order chi connectivity index (χ0) is 15.1. The van der Waals surface area contributed by atoms with Gasteiger partial charge in [0.1, 0.15) is 0 Å². The molecule has 0 aromatic heterocycles. The second-order valence-corrected chi connectivity index (χ2v) is 5.76. The van der Waals surface area contributed by atoms with Crippen LogP contribution in [0.1, 0.15) is 38.2 Å². The van der Waals surface area contributed by atoms with Crippen molar-refractivity contribution < 1.29 is 9.90 Å². The number of hydrogen-bond acceptors (Lipinski definition) is 3. The molecule has 0 bridgehead atoms. The van der Waals surface area contributed by atoms with Crippen LogP contribution in [0.25, 0.3) is 0 Å². The highest BCUT2D eigenvalue weighted by atomic mass is 16.3. The van der Waals surface area contributed by atoms with Crippen LogP contribution < -0.4 is 5.32 Å². The van der Waals surface area contributed by atoms with Gasteiger partial charge in [-0.05, 0) is 31.4 Å². The number of amides is 1. The molecule has 1 aromatic carbocycles. The number of nitrogens with one attached hydrogen (secondary N) is 1. The van der Waals surface area contributed by atoms with Crippen LogP contribution in [0.5, 0.6) is 0 Å². The SMILES string of the molecule is CCC(CO)NC(=O)C1CCCCN1Cc1ccccc1. The van der Waals surface area contributed by atoms with Gasteiger partial charge in [0, 0.05) is 6.54 Å². The normalized spacial score (nSPS) is 21.0. The van der Waals surface area contributed by atoms with Crippen LogP contribution in [0.3, 0.4) is 0 Å². The first kappa shape index (κ1) is 16.0. The average molecular weight is 290 g/mol. The summed E-state index contributed by atoms with van der Waals surface area (Å²) in [4.78, 5) is 14.7. The molecule has 1 aliphatic heterocycles. The minimum atomic E-state index is -0.127. The van der Waals surface area contributed by atoms with Crippen LogP contribution in [0, 0.1) is 0 Å². The van der Waals surface area contributed by atoms with E-state index >= 15 is 0 Å². The Balaban J connectivity index is 1.99. The van der Waals surface area contributed by atoms with Crippen molar-refractivity contribution >= 4 is 5.91 Å². The Morgan fingerprint density at radius 3 is 2.81 bits per heavy atom. The third kappa shape index (κ3) is 4.55. The summed E-state index contributed by atoms with van der Waals surface area (Å²) in [7, 11) is 0.